The average Bonchev–Trinajstić information content (AvgIpc) is 3.04. The molecule has 3 rings (SSSR count). The van der Waals surface area contributed by atoms with Crippen LogP contribution in [0.5, 0.6) is 0 Å². The van der Waals surface area contributed by atoms with Gasteiger partial charge in [0, 0.05) is 0 Å². The van der Waals surface area contributed by atoms with E-state index >= 15 is 0 Å². The normalized spacial score (nSPS) is 44.8. The molecule has 3 nitrogen and oxygen atoms in total. The second kappa shape index (κ2) is 6.70. The lowest BCUT2D eigenvalue weighted by molar-refractivity contribution is 0.0917. The molecule has 0 saturated carbocycles. The zero-order chi connectivity index (χ0) is 16.6. The van der Waals surface area contributed by atoms with Gasteiger partial charge in [-0.05, 0) is 76.4 Å². The van der Waals surface area contributed by atoms with E-state index in [0.717, 1.165) is 45.1 Å². The molecule has 0 aromatic carbocycles. The van der Waals surface area contributed by atoms with Gasteiger partial charge in [-0.1, -0.05) is 18.6 Å². The van der Waals surface area contributed by atoms with Gasteiger partial charge in [0.25, 0.3) is 0 Å². The molecule has 1 aliphatic carbocycles. The predicted molar refractivity (Wildman–Crippen MR) is 92.3 cm³/mol. The molecule has 2 heterocycles. The molecule has 0 aromatic heterocycles. The maximum absolute atomic E-state index is 10.5. The van der Waals surface area contributed by atoms with E-state index in [0.29, 0.717) is 12.0 Å². The third-order valence-electron chi connectivity index (χ3n) is 6.11. The van der Waals surface area contributed by atoms with Gasteiger partial charge in [0.2, 0.25) is 0 Å². The van der Waals surface area contributed by atoms with Crippen LogP contribution in [0.3, 0.4) is 0 Å². The van der Waals surface area contributed by atoms with Crippen LogP contribution in [0.2, 0.25) is 0 Å². The summed E-state index contributed by atoms with van der Waals surface area (Å²) in [5.74, 6) is 0.324. The summed E-state index contributed by atoms with van der Waals surface area (Å²) in [5.41, 5.74) is 4.22. The molecular weight excluding hydrogens is 288 g/mol. The van der Waals surface area contributed by atoms with Crippen molar-refractivity contribution in [3.05, 3.63) is 22.8 Å². The van der Waals surface area contributed by atoms with E-state index in [1.807, 2.05) is 0 Å². The molecule has 3 aliphatic rings. The second-order valence-electron chi connectivity index (χ2n) is 8.13. The van der Waals surface area contributed by atoms with Gasteiger partial charge in [-0.15, -0.1) is 0 Å². The lowest BCUT2D eigenvalue weighted by Gasteiger charge is -2.22. The predicted octanol–water partition coefficient (Wildman–Crippen LogP) is 4.16. The van der Waals surface area contributed by atoms with Crippen molar-refractivity contribution in [2.24, 2.45) is 5.92 Å². The standard InChI is InChI=1S/C20H32O3/c1-13-5-8-19-20(4,23-19)10-9-17(21)14(2)6-7-16-15(3)12-22-18(16)11-13/h11,14,17-19,21H,5-10,12H2,1-4H3/b13-11+. The second-order valence-corrected chi connectivity index (χ2v) is 8.13. The minimum absolute atomic E-state index is 0.00337. The summed E-state index contributed by atoms with van der Waals surface area (Å²) in [5, 5.41) is 10.5. The first-order valence-corrected chi connectivity index (χ1v) is 9.22. The first-order valence-electron chi connectivity index (χ1n) is 9.22. The molecule has 1 saturated heterocycles. The monoisotopic (exact) mass is 320 g/mol. The maximum atomic E-state index is 10.5. The fourth-order valence-electron chi connectivity index (χ4n) is 4.03. The first kappa shape index (κ1) is 17.2. The summed E-state index contributed by atoms with van der Waals surface area (Å²) in [6.07, 6.45) is 8.63. The number of hydrogen-bond donors (Lipinski definition) is 1. The zero-order valence-electron chi connectivity index (χ0n) is 15.1. The highest BCUT2D eigenvalue weighted by Crippen LogP contribution is 2.44. The highest BCUT2D eigenvalue weighted by Gasteiger charge is 2.51. The Hall–Kier alpha value is -0.640. The van der Waals surface area contributed by atoms with Gasteiger partial charge < -0.3 is 14.6 Å². The molecular formula is C20H32O3. The molecule has 1 N–H and O–H groups in total. The lowest BCUT2D eigenvalue weighted by atomic mass is 9.87. The van der Waals surface area contributed by atoms with Crippen LogP contribution >= 0.6 is 0 Å². The number of aliphatic hydroxyl groups is 1. The molecule has 0 radical (unpaired) electrons. The average molecular weight is 320 g/mol. The Kier molecular flexibility index (Phi) is 5.01. The van der Waals surface area contributed by atoms with Crippen LogP contribution in [0.25, 0.3) is 0 Å². The van der Waals surface area contributed by atoms with Crippen molar-refractivity contribution in [1.82, 2.24) is 0 Å². The maximum Gasteiger partial charge on any atom is 0.0976 e. The van der Waals surface area contributed by atoms with Gasteiger partial charge in [0.1, 0.15) is 0 Å². The molecule has 5 unspecified atom stereocenters. The molecule has 130 valence electrons. The van der Waals surface area contributed by atoms with Crippen LogP contribution < -0.4 is 0 Å². The minimum atomic E-state index is -0.224. The number of aliphatic hydroxyl groups excluding tert-OH is 1. The highest BCUT2D eigenvalue weighted by atomic mass is 16.6. The third-order valence-corrected chi connectivity index (χ3v) is 6.11. The van der Waals surface area contributed by atoms with E-state index in [9.17, 15) is 5.11 Å². The van der Waals surface area contributed by atoms with Crippen molar-refractivity contribution in [2.45, 2.75) is 90.1 Å². The van der Waals surface area contributed by atoms with Crippen LogP contribution in [-0.4, -0.2) is 35.6 Å². The summed E-state index contributed by atoms with van der Waals surface area (Å²) >= 11 is 0. The largest absolute Gasteiger partial charge is 0.393 e. The van der Waals surface area contributed by atoms with Crippen LogP contribution in [0.4, 0.5) is 0 Å². The molecule has 0 bridgehead atoms. The number of epoxide rings is 1. The quantitative estimate of drug-likeness (QED) is 0.538. The molecule has 3 heteroatoms. The van der Waals surface area contributed by atoms with E-state index in [4.69, 9.17) is 9.47 Å². The Labute approximate surface area is 140 Å². The van der Waals surface area contributed by atoms with Crippen molar-refractivity contribution in [1.29, 1.82) is 0 Å². The fraction of sp³-hybridized carbons (Fsp3) is 0.800. The van der Waals surface area contributed by atoms with Crippen LogP contribution in [0.15, 0.2) is 22.8 Å². The van der Waals surface area contributed by atoms with Gasteiger partial charge in [0.15, 0.2) is 0 Å². The number of hydrogen-bond acceptors (Lipinski definition) is 3. The summed E-state index contributed by atoms with van der Waals surface area (Å²) in [6.45, 7) is 9.53. The molecule has 0 amide bonds. The molecule has 0 spiro atoms. The SMILES string of the molecule is CC1=C2CCC(C)C(O)CCC3(C)OC3CC/C(C)=C/C2OC1. The number of ether oxygens (including phenoxy) is 2. The van der Waals surface area contributed by atoms with Gasteiger partial charge in [-0.3, -0.25) is 0 Å². The zero-order valence-corrected chi connectivity index (χ0v) is 15.1. The van der Waals surface area contributed by atoms with E-state index in [2.05, 4.69) is 33.8 Å². The minimum Gasteiger partial charge on any atom is -0.393 e. The van der Waals surface area contributed by atoms with Crippen LogP contribution in [0, 0.1) is 5.92 Å². The number of fused-ring (bicyclic) bond motifs is 2. The molecule has 2 aliphatic heterocycles. The number of allylic oxidation sites excluding steroid dienone is 1. The third kappa shape index (κ3) is 3.89. The summed E-state index contributed by atoms with van der Waals surface area (Å²) in [4.78, 5) is 0. The highest BCUT2D eigenvalue weighted by molar-refractivity contribution is 5.28. The molecule has 1 fully saturated rings. The Morgan fingerprint density at radius 1 is 1.17 bits per heavy atom. The Morgan fingerprint density at radius 3 is 2.74 bits per heavy atom. The first-order chi connectivity index (χ1) is 10.9. The van der Waals surface area contributed by atoms with E-state index in [-0.39, 0.29) is 17.8 Å². The van der Waals surface area contributed by atoms with Crippen molar-refractivity contribution >= 4 is 0 Å². The van der Waals surface area contributed by atoms with Gasteiger partial charge in [0.05, 0.1) is 30.5 Å². The molecule has 5 atom stereocenters. The van der Waals surface area contributed by atoms with Gasteiger partial charge in [-0.25, -0.2) is 0 Å². The lowest BCUT2D eigenvalue weighted by Crippen LogP contribution is -2.22. The van der Waals surface area contributed by atoms with Crippen molar-refractivity contribution < 1.29 is 14.6 Å². The smallest absolute Gasteiger partial charge is 0.0976 e. The Balaban J connectivity index is 1.75. The topological polar surface area (TPSA) is 42.0 Å². The van der Waals surface area contributed by atoms with Gasteiger partial charge >= 0.3 is 0 Å². The van der Waals surface area contributed by atoms with Gasteiger partial charge in [-0.2, -0.15) is 0 Å². The van der Waals surface area contributed by atoms with E-state index in [1.165, 1.54) is 16.7 Å². The van der Waals surface area contributed by atoms with Crippen molar-refractivity contribution in [3.8, 4) is 0 Å². The van der Waals surface area contributed by atoms with Crippen LogP contribution in [-0.2, 0) is 9.47 Å². The van der Waals surface area contributed by atoms with Crippen molar-refractivity contribution in [2.75, 3.05) is 6.61 Å². The summed E-state index contributed by atoms with van der Waals surface area (Å²) < 4.78 is 11.9. The molecule has 23 heavy (non-hydrogen) atoms. The molecule has 0 aromatic rings. The summed E-state index contributed by atoms with van der Waals surface area (Å²) in [6, 6.07) is 0. The van der Waals surface area contributed by atoms with Crippen molar-refractivity contribution in [3.63, 3.8) is 0 Å². The summed E-state index contributed by atoms with van der Waals surface area (Å²) in [7, 11) is 0. The Bertz CT molecular complexity index is 507. The fourth-order valence-corrected chi connectivity index (χ4v) is 4.03. The van der Waals surface area contributed by atoms with Crippen LogP contribution in [0.1, 0.15) is 66.2 Å². The number of rotatable bonds is 0. The Morgan fingerprint density at radius 2 is 1.96 bits per heavy atom. The van der Waals surface area contributed by atoms with E-state index in [1.54, 1.807) is 0 Å². The van der Waals surface area contributed by atoms with E-state index < -0.39 is 0 Å².